The van der Waals surface area contributed by atoms with Crippen molar-refractivity contribution in [1.82, 2.24) is 15.1 Å². The lowest BCUT2D eigenvalue weighted by Gasteiger charge is -2.23. The molecule has 1 aliphatic heterocycles. The van der Waals surface area contributed by atoms with Crippen LogP contribution >= 0.6 is 11.6 Å². The van der Waals surface area contributed by atoms with Crippen molar-refractivity contribution in [3.8, 4) is 0 Å². The Balaban J connectivity index is 1.99. The molecule has 1 aliphatic rings. The molecule has 1 aromatic heterocycles. The molecule has 0 bridgehead atoms. The van der Waals surface area contributed by atoms with Crippen LogP contribution in [0.1, 0.15) is 13.3 Å². The van der Waals surface area contributed by atoms with Crippen LogP contribution in [0, 0.1) is 0 Å². The highest BCUT2D eigenvalue weighted by Crippen LogP contribution is 2.21. The summed E-state index contributed by atoms with van der Waals surface area (Å²) in [5, 5.41) is 6.26. The molecule has 0 amide bonds. The Morgan fingerprint density at radius 3 is 3.00 bits per heavy atom. The van der Waals surface area contributed by atoms with Gasteiger partial charge in [-0.25, -0.2) is 5.10 Å². The van der Waals surface area contributed by atoms with Crippen LogP contribution < -0.4 is 10.5 Å². The smallest absolute Gasteiger partial charge is 0.320 e. The lowest BCUT2D eigenvalue weighted by molar-refractivity contribution is -0.144. The summed E-state index contributed by atoms with van der Waals surface area (Å²) in [7, 11) is 0. The average molecular weight is 315 g/mol. The van der Waals surface area contributed by atoms with Gasteiger partial charge in [0.1, 0.15) is 5.02 Å². The van der Waals surface area contributed by atoms with Gasteiger partial charge in [-0.15, -0.1) is 0 Å². The van der Waals surface area contributed by atoms with Gasteiger partial charge in [0.2, 0.25) is 0 Å². The van der Waals surface area contributed by atoms with E-state index >= 15 is 0 Å². The van der Waals surface area contributed by atoms with Crippen molar-refractivity contribution in [2.75, 3.05) is 44.2 Å². The molecular weight excluding hydrogens is 296 g/mol. The molecule has 2 rings (SSSR count). The highest BCUT2D eigenvalue weighted by atomic mass is 35.5. The summed E-state index contributed by atoms with van der Waals surface area (Å²) in [6, 6.07) is 0. The second kappa shape index (κ2) is 7.42. The summed E-state index contributed by atoms with van der Waals surface area (Å²) in [6.45, 7) is 5.46. The fourth-order valence-electron chi connectivity index (χ4n) is 2.35. The van der Waals surface area contributed by atoms with E-state index in [1.165, 1.54) is 0 Å². The topological polar surface area (TPSA) is 78.5 Å². The molecule has 1 N–H and O–H groups in total. The Bertz CT molecular complexity index is 548. The number of nitrogens with zero attached hydrogens (tertiary/aromatic N) is 3. The molecule has 0 atom stereocenters. The first-order chi connectivity index (χ1) is 10.1. The van der Waals surface area contributed by atoms with Crippen LogP contribution in [-0.2, 0) is 9.53 Å². The molecule has 116 valence electrons. The van der Waals surface area contributed by atoms with Crippen molar-refractivity contribution in [3.05, 3.63) is 21.6 Å². The van der Waals surface area contributed by atoms with E-state index in [4.69, 9.17) is 16.3 Å². The van der Waals surface area contributed by atoms with Crippen LogP contribution in [0.5, 0.6) is 0 Å². The van der Waals surface area contributed by atoms with Crippen molar-refractivity contribution in [1.29, 1.82) is 0 Å². The summed E-state index contributed by atoms with van der Waals surface area (Å²) in [5.74, 6) is -0.207. The van der Waals surface area contributed by atoms with Gasteiger partial charge in [-0.1, -0.05) is 11.6 Å². The molecule has 1 saturated heterocycles. The van der Waals surface area contributed by atoms with E-state index in [1.807, 2.05) is 9.80 Å². The predicted octanol–water partition coefficient (Wildman–Crippen LogP) is 0.498. The van der Waals surface area contributed by atoms with Crippen LogP contribution in [-0.4, -0.2) is 60.4 Å². The first kappa shape index (κ1) is 15.8. The molecule has 0 aliphatic carbocycles. The molecule has 0 spiro atoms. The Hall–Kier alpha value is -1.60. The van der Waals surface area contributed by atoms with E-state index in [1.54, 1.807) is 13.1 Å². The third kappa shape index (κ3) is 4.18. The number of carbonyl (C=O) groups is 1. The Labute approximate surface area is 127 Å². The van der Waals surface area contributed by atoms with E-state index in [9.17, 15) is 9.59 Å². The molecule has 8 heteroatoms. The molecular formula is C13H19ClN4O3. The third-order valence-electron chi connectivity index (χ3n) is 3.36. The highest BCUT2D eigenvalue weighted by Gasteiger charge is 2.20. The number of anilines is 1. The molecule has 1 fully saturated rings. The van der Waals surface area contributed by atoms with E-state index in [-0.39, 0.29) is 16.6 Å². The van der Waals surface area contributed by atoms with Crippen LogP contribution in [0.15, 0.2) is 11.0 Å². The normalized spacial score (nSPS) is 16.6. The fraction of sp³-hybridized carbons (Fsp3) is 0.615. The summed E-state index contributed by atoms with van der Waals surface area (Å²) in [4.78, 5) is 27.1. The van der Waals surface area contributed by atoms with E-state index in [2.05, 4.69) is 10.2 Å². The minimum atomic E-state index is -0.387. The number of carbonyl (C=O) groups excluding carboxylic acids is 1. The monoisotopic (exact) mass is 314 g/mol. The number of nitrogens with one attached hydrogen (secondary N) is 1. The quantitative estimate of drug-likeness (QED) is 0.815. The second-order valence-corrected chi connectivity index (χ2v) is 5.20. The number of hydrogen-bond donors (Lipinski definition) is 1. The molecule has 1 aromatic rings. The molecule has 0 saturated carbocycles. The van der Waals surface area contributed by atoms with Gasteiger partial charge in [0.25, 0.3) is 5.56 Å². The maximum atomic E-state index is 11.5. The van der Waals surface area contributed by atoms with Crippen molar-refractivity contribution >= 4 is 23.3 Å². The van der Waals surface area contributed by atoms with Crippen molar-refractivity contribution in [3.63, 3.8) is 0 Å². The minimum absolute atomic E-state index is 0.156. The van der Waals surface area contributed by atoms with Gasteiger partial charge in [0.15, 0.2) is 0 Å². The van der Waals surface area contributed by atoms with E-state index in [0.29, 0.717) is 31.9 Å². The zero-order chi connectivity index (χ0) is 15.2. The number of esters is 1. The summed E-state index contributed by atoms with van der Waals surface area (Å²) in [6.07, 6.45) is 2.44. The largest absolute Gasteiger partial charge is 0.465 e. The minimum Gasteiger partial charge on any atom is -0.465 e. The number of ether oxygens (including phenoxy) is 1. The van der Waals surface area contributed by atoms with Gasteiger partial charge in [0, 0.05) is 26.2 Å². The average Bonchev–Trinajstić information content (AvgIpc) is 2.68. The third-order valence-corrected chi connectivity index (χ3v) is 3.73. The molecule has 21 heavy (non-hydrogen) atoms. The molecule has 0 unspecified atom stereocenters. The van der Waals surface area contributed by atoms with Crippen LogP contribution in [0.25, 0.3) is 0 Å². The van der Waals surface area contributed by atoms with Crippen molar-refractivity contribution in [2.45, 2.75) is 13.3 Å². The van der Waals surface area contributed by atoms with E-state index < -0.39 is 0 Å². The zero-order valence-electron chi connectivity index (χ0n) is 12.0. The first-order valence-corrected chi connectivity index (χ1v) is 7.35. The van der Waals surface area contributed by atoms with Gasteiger partial charge in [-0.2, -0.15) is 5.10 Å². The Morgan fingerprint density at radius 1 is 1.43 bits per heavy atom. The maximum absolute atomic E-state index is 11.5. The van der Waals surface area contributed by atoms with Crippen LogP contribution in [0.4, 0.5) is 5.69 Å². The SMILES string of the molecule is CCOC(=O)CN1CCCN(c2cn[nH]c(=O)c2Cl)CC1. The predicted molar refractivity (Wildman–Crippen MR) is 79.8 cm³/mol. The first-order valence-electron chi connectivity index (χ1n) is 6.98. The van der Waals surface area contributed by atoms with Gasteiger partial charge < -0.3 is 9.64 Å². The Morgan fingerprint density at radius 2 is 2.24 bits per heavy atom. The van der Waals surface area contributed by atoms with Gasteiger partial charge >= 0.3 is 5.97 Å². The standard InChI is InChI=1S/C13H19ClN4O3/c1-2-21-11(19)9-17-4-3-5-18(7-6-17)10-8-15-16-13(20)12(10)14/h8H,2-7,9H2,1H3,(H,16,20). The Kier molecular flexibility index (Phi) is 5.58. The highest BCUT2D eigenvalue weighted by molar-refractivity contribution is 6.32. The summed E-state index contributed by atoms with van der Waals surface area (Å²) in [5.41, 5.74) is 0.250. The van der Waals surface area contributed by atoms with Crippen LogP contribution in [0.3, 0.4) is 0 Å². The lowest BCUT2D eigenvalue weighted by Crippen LogP contribution is -2.35. The number of hydrogen-bond acceptors (Lipinski definition) is 6. The molecule has 0 radical (unpaired) electrons. The fourth-order valence-corrected chi connectivity index (χ4v) is 2.56. The summed E-state index contributed by atoms with van der Waals surface area (Å²) >= 11 is 6.03. The summed E-state index contributed by atoms with van der Waals surface area (Å²) < 4.78 is 4.96. The second-order valence-electron chi connectivity index (χ2n) is 4.82. The maximum Gasteiger partial charge on any atom is 0.320 e. The number of aromatic nitrogens is 2. The van der Waals surface area contributed by atoms with E-state index in [0.717, 1.165) is 19.5 Å². The van der Waals surface area contributed by atoms with Crippen molar-refractivity contribution in [2.24, 2.45) is 0 Å². The zero-order valence-corrected chi connectivity index (χ0v) is 12.7. The van der Waals surface area contributed by atoms with Crippen LogP contribution in [0.2, 0.25) is 5.02 Å². The van der Waals surface area contributed by atoms with Gasteiger partial charge in [-0.3, -0.25) is 14.5 Å². The molecule has 7 nitrogen and oxygen atoms in total. The molecule has 0 aromatic carbocycles. The number of rotatable bonds is 4. The molecule has 2 heterocycles. The van der Waals surface area contributed by atoms with Gasteiger partial charge in [-0.05, 0) is 13.3 Å². The van der Waals surface area contributed by atoms with Gasteiger partial charge in [0.05, 0.1) is 25.0 Å². The number of halogens is 1. The number of H-pyrrole nitrogens is 1. The lowest BCUT2D eigenvalue weighted by atomic mass is 10.3. The van der Waals surface area contributed by atoms with Crippen molar-refractivity contribution < 1.29 is 9.53 Å². The number of aromatic amines is 1.